The zero-order valence-electron chi connectivity index (χ0n) is 17.0. The number of amides is 4. The Morgan fingerprint density at radius 3 is 2.68 bits per heavy atom. The Labute approximate surface area is 184 Å². The summed E-state index contributed by atoms with van der Waals surface area (Å²) in [5.74, 6) is -0.477. The summed E-state index contributed by atoms with van der Waals surface area (Å²) in [6.07, 6.45) is 0.598. The van der Waals surface area contributed by atoms with Gasteiger partial charge in [-0.2, -0.15) is 5.26 Å². The number of nitriles is 1. The first-order valence-corrected chi connectivity index (χ1v) is 10.4. The van der Waals surface area contributed by atoms with Crippen LogP contribution in [-0.2, 0) is 4.79 Å². The van der Waals surface area contributed by atoms with Crippen molar-refractivity contribution in [2.45, 2.75) is 38.4 Å². The van der Waals surface area contributed by atoms with Crippen molar-refractivity contribution in [3.8, 4) is 6.07 Å². The maximum atomic E-state index is 13.4. The van der Waals surface area contributed by atoms with Gasteiger partial charge in [0.15, 0.2) is 0 Å². The van der Waals surface area contributed by atoms with Crippen LogP contribution >= 0.6 is 11.6 Å². The molecular weight excluding hydrogens is 416 g/mol. The second kappa shape index (κ2) is 6.82. The van der Waals surface area contributed by atoms with E-state index in [1.165, 1.54) is 6.07 Å². The first-order chi connectivity index (χ1) is 14.8. The summed E-state index contributed by atoms with van der Waals surface area (Å²) < 4.78 is 0. The summed E-state index contributed by atoms with van der Waals surface area (Å²) >= 11 is 6.27. The number of benzene rings is 2. The molecule has 2 aromatic rings. The van der Waals surface area contributed by atoms with Crippen LogP contribution in [0.1, 0.15) is 33.5 Å². The molecule has 31 heavy (non-hydrogen) atoms. The predicted octanol–water partition coefficient (Wildman–Crippen LogP) is 3.26. The fraction of sp³-hybridized carbons (Fsp3) is 0.304. The molecule has 0 saturated carbocycles. The number of imide groups is 1. The van der Waals surface area contributed by atoms with Crippen LogP contribution in [0.5, 0.6) is 0 Å². The van der Waals surface area contributed by atoms with E-state index in [1.807, 2.05) is 31.2 Å². The van der Waals surface area contributed by atoms with Crippen molar-refractivity contribution in [3.63, 3.8) is 0 Å². The number of hydrogen-bond acceptors (Lipinski definition) is 4. The van der Waals surface area contributed by atoms with Gasteiger partial charge >= 0.3 is 6.03 Å². The molecule has 3 aliphatic heterocycles. The number of aryl methyl sites for hydroxylation is 1. The number of urea groups is 1. The highest BCUT2D eigenvalue weighted by Gasteiger charge is 2.63. The number of likely N-dealkylation sites (tertiary alicyclic amines) is 1. The number of hydrogen-bond donors (Lipinski definition) is 0. The number of piperazine rings is 1. The van der Waals surface area contributed by atoms with Crippen LogP contribution in [0.25, 0.3) is 0 Å². The Balaban J connectivity index is 1.47. The van der Waals surface area contributed by atoms with Gasteiger partial charge in [0.25, 0.3) is 11.8 Å². The van der Waals surface area contributed by atoms with E-state index < -0.39 is 12.1 Å². The van der Waals surface area contributed by atoms with Gasteiger partial charge < -0.3 is 9.80 Å². The van der Waals surface area contributed by atoms with Gasteiger partial charge in [0.05, 0.1) is 28.4 Å². The van der Waals surface area contributed by atoms with Gasteiger partial charge in [-0.15, -0.1) is 0 Å². The summed E-state index contributed by atoms with van der Waals surface area (Å²) in [7, 11) is 0. The zero-order valence-corrected chi connectivity index (χ0v) is 17.8. The molecule has 5 rings (SSSR count). The third-order valence-electron chi connectivity index (χ3n) is 6.51. The molecule has 7 nitrogen and oxygen atoms in total. The number of carbonyl (C=O) groups is 3. The predicted molar refractivity (Wildman–Crippen MR) is 114 cm³/mol. The van der Waals surface area contributed by atoms with Crippen molar-refractivity contribution in [1.29, 1.82) is 5.26 Å². The summed E-state index contributed by atoms with van der Waals surface area (Å²) in [5, 5.41) is 9.41. The lowest BCUT2D eigenvalue weighted by atomic mass is 10.1. The van der Waals surface area contributed by atoms with Crippen LogP contribution in [-0.4, -0.2) is 52.3 Å². The molecular formula is C23H19ClN4O3. The quantitative estimate of drug-likeness (QED) is 0.679. The van der Waals surface area contributed by atoms with Gasteiger partial charge in [0, 0.05) is 12.1 Å². The van der Waals surface area contributed by atoms with Gasteiger partial charge in [-0.1, -0.05) is 29.3 Å². The smallest absolute Gasteiger partial charge is 0.331 e. The van der Waals surface area contributed by atoms with Gasteiger partial charge in [-0.05, 0) is 50.1 Å². The first kappa shape index (κ1) is 19.6. The molecule has 0 spiro atoms. The van der Waals surface area contributed by atoms with Gasteiger partial charge in [-0.3, -0.25) is 9.59 Å². The Hall–Kier alpha value is -3.37. The minimum absolute atomic E-state index is 0.118. The third kappa shape index (κ3) is 2.68. The van der Waals surface area contributed by atoms with Crippen LogP contribution < -0.4 is 4.90 Å². The maximum absolute atomic E-state index is 13.4. The average Bonchev–Trinajstić information content (AvgIpc) is 3.41. The number of rotatable bonds is 2. The second-order valence-electron chi connectivity index (χ2n) is 8.28. The Kier molecular flexibility index (Phi) is 4.31. The van der Waals surface area contributed by atoms with Crippen molar-refractivity contribution >= 4 is 35.1 Å². The van der Waals surface area contributed by atoms with Crippen molar-refractivity contribution in [3.05, 3.63) is 63.7 Å². The molecule has 0 aliphatic carbocycles. The van der Waals surface area contributed by atoms with E-state index in [-0.39, 0.29) is 34.5 Å². The van der Waals surface area contributed by atoms with Crippen molar-refractivity contribution in [1.82, 2.24) is 9.80 Å². The van der Waals surface area contributed by atoms with Crippen molar-refractivity contribution in [2.24, 2.45) is 0 Å². The largest absolute Gasteiger partial charge is 0.332 e. The first-order valence-electron chi connectivity index (χ1n) is 10.1. The third-order valence-corrected chi connectivity index (χ3v) is 7.00. The minimum atomic E-state index is -0.700. The van der Waals surface area contributed by atoms with Crippen LogP contribution in [0, 0.1) is 25.2 Å². The lowest BCUT2D eigenvalue weighted by Crippen LogP contribution is -2.54. The zero-order chi connectivity index (χ0) is 22.0. The van der Waals surface area contributed by atoms with E-state index in [4.69, 9.17) is 11.6 Å². The van der Waals surface area contributed by atoms with E-state index in [0.29, 0.717) is 29.8 Å². The Bertz CT molecular complexity index is 1200. The van der Waals surface area contributed by atoms with E-state index in [0.717, 1.165) is 10.5 Å². The van der Waals surface area contributed by atoms with Crippen molar-refractivity contribution in [2.75, 3.05) is 11.4 Å². The monoisotopic (exact) mass is 434 g/mol. The molecule has 0 N–H and O–H groups in total. The molecule has 3 heterocycles. The lowest BCUT2D eigenvalue weighted by Gasteiger charge is -2.35. The number of carbonyl (C=O) groups excluding carboxylic acids is 3. The molecule has 3 fully saturated rings. The standard InChI is InChI=1S/C23H19ClN4O3/c1-12-4-3-5-14(8-12)21(29)26-11-16-9-18(26)20-22(30)28(23(31)27(16)20)17-7-6-15(10-25)19(24)13(17)2/h3-8,16,18,20H,9,11H2,1-2H3/t16-,18?,20-/m1/s1. The number of fused-ring (bicyclic) bond motifs is 5. The lowest BCUT2D eigenvalue weighted by molar-refractivity contribution is -0.121. The van der Waals surface area contributed by atoms with E-state index in [9.17, 15) is 19.6 Å². The highest BCUT2D eigenvalue weighted by atomic mass is 35.5. The molecule has 8 heteroatoms. The normalized spacial score (nSPS) is 24.1. The van der Waals surface area contributed by atoms with E-state index in [1.54, 1.807) is 28.9 Å². The van der Waals surface area contributed by atoms with E-state index >= 15 is 0 Å². The highest BCUT2D eigenvalue weighted by Crippen LogP contribution is 2.44. The summed E-state index contributed by atoms with van der Waals surface area (Å²) in [5.41, 5.74) is 2.75. The fourth-order valence-corrected chi connectivity index (χ4v) is 5.26. The van der Waals surface area contributed by atoms with Gasteiger partial charge in [-0.25, -0.2) is 9.69 Å². The van der Waals surface area contributed by atoms with Gasteiger partial charge in [0.2, 0.25) is 0 Å². The number of halogens is 1. The van der Waals surface area contributed by atoms with E-state index in [2.05, 4.69) is 0 Å². The van der Waals surface area contributed by atoms with Crippen LogP contribution in [0.15, 0.2) is 36.4 Å². The Morgan fingerprint density at radius 2 is 1.97 bits per heavy atom. The Morgan fingerprint density at radius 1 is 1.19 bits per heavy atom. The SMILES string of the molecule is Cc1cccc(C(=O)N2C[C@H]3CC2[C@@H]2C(=O)N(c4ccc(C#N)c(Cl)c4C)C(=O)N32)c1. The molecule has 4 amide bonds. The molecule has 0 radical (unpaired) electrons. The van der Waals surface area contributed by atoms with Gasteiger partial charge in [0.1, 0.15) is 12.1 Å². The second-order valence-corrected chi connectivity index (χ2v) is 8.65. The molecule has 3 saturated heterocycles. The molecule has 2 bridgehead atoms. The molecule has 0 aromatic heterocycles. The molecule has 2 aromatic carbocycles. The number of anilines is 1. The average molecular weight is 435 g/mol. The fourth-order valence-electron chi connectivity index (χ4n) is 5.06. The minimum Gasteiger partial charge on any atom is -0.331 e. The molecule has 1 unspecified atom stereocenters. The van der Waals surface area contributed by atoms with Crippen LogP contribution in [0.4, 0.5) is 10.5 Å². The molecule has 3 atom stereocenters. The highest BCUT2D eigenvalue weighted by molar-refractivity contribution is 6.33. The topological polar surface area (TPSA) is 84.7 Å². The van der Waals surface area contributed by atoms with Crippen LogP contribution in [0.2, 0.25) is 5.02 Å². The molecule has 3 aliphatic rings. The summed E-state index contributed by atoms with van der Waals surface area (Å²) in [6.45, 7) is 4.02. The molecule has 156 valence electrons. The summed E-state index contributed by atoms with van der Waals surface area (Å²) in [4.78, 5) is 44.2. The summed E-state index contributed by atoms with van der Waals surface area (Å²) in [6, 6.07) is 10.8. The maximum Gasteiger partial charge on any atom is 0.332 e. The van der Waals surface area contributed by atoms with Crippen LogP contribution in [0.3, 0.4) is 0 Å². The van der Waals surface area contributed by atoms with Crippen molar-refractivity contribution < 1.29 is 14.4 Å². The number of nitrogens with zero attached hydrogens (tertiary/aromatic N) is 4.